The van der Waals surface area contributed by atoms with E-state index in [1.165, 1.54) is 12.8 Å². The van der Waals surface area contributed by atoms with Gasteiger partial charge in [0, 0.05) is 12.2 Å². The van der Waals surface area contributed by atoms with E-state index >= 15 is 0 Å². The van der Waals surface area contributed by atoms with Crippen LogP contribution in [0.15, 0.2) is 18.2 Å². The molecular formula is C17H28Cl2N4O3. The van der Waals surface area contributed by atoms with Gasteiger partial charge in [-0.3, -0.25) is 14.5 Å². The number of carbonyl (C=O) groups excluding carboxylic acids is 2. The lowest BCUT2D eigenvalue weighted by atomic mass is 10.2. The summed E-state index contributed by atoms with van der Waals surface area (Å²) in [5.74, 6) is 0.172. The first-order valence-electron chi connectivity index (χ1n) is 8.31. The second kappa shape index (κ2) is 12.8. The third kappa shape index (κ3) is 8.23. The summed E-state index contributed by atoms with van der Waals surface area (Å²) in [6.45, 7) is 5.65. The molecule has 1 aliphatic rings. The fourth-order valence-electron chi connectivity index (χ4n) is 2.64. The minimum Gasteiger partial charge on any atom is -0.492 e. The lowest BCUT2D eigenvalue weighted by molar-refractivity contribution is -0.123. The van der Waals surface area contributed by atoms with E-state index in [9.17, 15) is 9.59 Å². The van der Waals surface area contributed by atoms with Gasteiger partial charge in [-0.2, -0.15) is 0 Å². The van der Waals surface area contributed by atoms with Crippen molar-refractivity contribution in [3.8, 4) is 5.75 Å². The van der Waals surface area contributed by atoms with Gasteiger partial charge in [-0.1, -0.05) is 0 Å². The largest absolute Gasteiger partial charge is 0.492 e. The number of nitrogens with two attached hydrogens (primary N) is 1. The van der Waals surface area contributed by atoms with Gasteiger partial charge < -0.3 is 21.1 Å². The number of hydrogen-bond donors (Lipinski definition) is 3. The Morgan fingerprint density at radius 1 is 1.19 bits per heavy atom. The van der Waals surface area contributed by atoms with Crippen LogP contribution in [0.4, 0.5) is 5.69 Å². The summed E-state index contributed by atoms with van der Waals surface area (Å²) < 4.78 is 5.83. The summed E-state index contributed by atoms with van der Waals surface area (Å²) in [5, 5.41) is 5.16. The van der Waals surface area contributed by atoms with Gasteiger partial charge in [0.25, 0.3) is 0 Å². The van der Waals surface area contributed by atoms with Gasteiger partial charge in [-0.25, -0.2) is 0 Å². The number of benzene rings is 1. The van der Waals surface area contributed by atoms with E-state index in [-0.39, 0.29) is 49.7 Å². The van der Waals surface area contributed by atoms with Crippen LogP contribution in [0.2, 0.25) is 0 Å². The quantitative estimate of drug-likeness (QED) is 0.604. The number of hydrogen-bond acceptors (Lipinski definition) is 5. The van der Waals surface area contributed by atoms with Gasteiger partial charge in [0.2, 0.25) is 11.8 Å². The molecule has 2 rings (SSSR count). The molecule has 1 saturated heterocycles. The molecule has 0 unspecified atom stereocenters. The Balaban J connectivity index is 0.00000312. The van der Waals surface area contributed by atoms with E-state index in [2.05, 4.69) is 15.5 Å². The van der Waals surface area contributed by atoms with Crippen molar-refractivity contribution in [3.05, 3.63) is 23.8 Å². The van der Waals surface area contributed by atoms with Crippen molar-refractivity contribution in [1.29, 1.82) is 0 Å². The summed E-state index contributed by atoms with van der Waals surface area (Å²) >= 11 is 0. The lowest BCUT2D eigenvalue weighted by Crippen LogP contribution is -2.36. The average molecular weight is 407 g/mol. The van der Waals surface area contributed by atoms with Gasteiger partial charge in [0.05, 0.1) is 13.1 Å². The topological polar surface area (TPSA) is 96.7 Å². The Bertz CT molecular complexity index is 581. The molecule has 0 bridgehead atoms. The zero-order chi connectivity index (χ0) is 17.4. The van der Waals surface area contributed by atoms with E-state index < -0.39 is 0 Å². The number of rotatable bonds is 8. The molecule has 0 aliphatic carbocycles. The minimum atomic E-state index is -0.358. The highest BCUT2D eigenvalue weighted by atomic mass is 35.5. The molecule has 26 heavy (non-hydrogen) atoms. The van der Waals surface area contributed by atoms with Crippen molar-refractivity contribution < 1.29 is 14.3 Å². The molecule has 1 heterocycles. The molecule has 1 aromatic carbocycles. The van der Waals surface area contributed by atoms with Crippen LogP contribution in [0, 0.1) is 6.92 Å². The monoisotopic (exact) mass is 406 g/mol. The molecule has 148 valence electrons. The minimum absolute atomic E-state index is 0. The number of nitrogens with zero attached hydrogens (tertiary/aromatic N) is 1. The van der Waals surface area contributed by atoms with Gasteiger partial charge in [0.15, 0.2) is 0 Å². The Hall–Kier alpha value is -1.54. The van der Waals surface area contributed by atoms with Crippen LogP contribution >= 0.6 is 24.8 Å². The number of amides is 2. The first-order valence-corrected chi connectivity index (χ1v) is 8.31. The zero-order valence-electron chi connectivity index (χ0n) is 15.0. The van der Waals surface area contributed by atoms with E-state index in [1.807, 2.05) is 19.1 Å². The van der Waals surface area contributed by atoms with Crippen LogP contribution in [0.25, 0.3) is 0 Å². The zero-order valence-corrected chi connectivity index (χ0v) is 16.6. The highest BCUT2D eigenvalue weighted by molar-refractivity contribution is 5.94. The molecule has 0 radical (unpaired) electrons. The predicted molar refractivity (Wildman–Crippen MR) is 108 cm³/mol. The van der Waals surface area contributed by atoms with E-state index in [4.69, 9.17) is 10.5 Å². The Labute approximate surface area is 166 Å². The van der Waals surface area contributed by atoms with Gasteiger partial charge in [0.1, 0.15) is 12.4 Å². The molecule has 0 saturated carbocycles. The highest BCUT2D eigenvalue weighted by Gasteiger charge is 2.11. The van der Waals surface area contributed by atoms with Crippen LogP contribution < -0.4 is 21.1 Å². The molecule has 0 spiro atoms. The number of halogens is 2. The van der Waals surface area contributed by atoms with Gasteiger partial charge in [-0.15, -0.1) is 24.8 Å². The standard InChI is InChI=1S/C17H26N4O3.2ClH/c1-13-10-14(20-17(23)12-19-16(22)11-18)4-5-15(13)24-9-8-21-6-2-3-7-21;;/h4-5,10H,2-3,6-9,11-12,18H2,1H3,(H,19,22)(H,20,23);2*1H. The molecular weight excluding hydrogens is 379 g/mol. The molecule has 1 fully saturated rings. The molecule has 0 aromatic heterocycles. The predicted octanol–water partition coefficient (Wildman–Crippen LogP) is 1.33. The van der Waals surface area contributed by atoms with Crippen LogP contribution in [-0.2, 0) is 9.59 Å². The normalized spacial score (nSPS) is 13.3. The molecule has 0 atom stereocenters. The summed E-state index contributed by atoms with van der Waals surface area (Å²) in [6, 6.07) is 5.50. The summed E-state index contributed by atoms with van der Waals surface area (Å²) in [6.07, 6.45) is 2.55. The molecule has 1 aromatic rings. The summed E-state index contributed by atoms with van der Waals surface area (Å²) in [7, 11) is 0. The average Bonchev–Trinajstić information content (AvgIpc) is 3.08. The smallest absolute Gasteiger partial charge is 0.243 e. The maximum atomic E-state index is 11.7. The SMILES string of the molecule is Cc1cc(NC(=O)CNC(=O)CN)ccc1OCCN1CCCC1.Cl.Cl. The maximum Gasteiger partial charge on any atom is 0.243 e. The van der Waals surface area contributed by atoms with Crippen molar-refractivity contribution in [1.82, 2.24) is 10.2 Å². The maximum absolute atomic E-state index is 11.7. The Morgan fingerprint density at radius 3 is 2.50 bits per heavy atom. The summed E-state index contributed by atoms with van der Waals surface area (Å²) in [5.41, 5.74) is 6.80. The molecule has 1 aliphatic heterocycles. The molecule has 7 nitrogen and oxygen atoms in total. The van der Waals surface area contributed by atoms with Crippen molar-refractivity contribution in [2.75, 3.05) is 44.6 Å². The van der Waals surface area contributed by atoms with E-state index in [1.54, 1.807) is 6.07 Å². The van der Waals surface area contributed by atoms with Gasteiger partial charge >= 0.3 is 0 Å². The number of anilines is 1. The lowest BCUT2D eigenvalue weighted by Gasteiger charge is -2.16. The van der Waals surface area contributed by atoms with Crippen LogP contribution in [-0.4, -0.2) is 56.0 Å². The van der Waals surface area contributed by atoms with Gasteiger partial charge in [-0.05, 0) is 56.6 Å². The van der Waals surface area contributed by atoms with Crippen molar-refractivity contribution in [3.63, 3.8) is 0 Å². The number of nitrogens with one attached hydrogen (secondary N) is 2. The second-order valence-corrected chi connectivity index (χ2v) is 5.91. The number of aryl methyl sites for hydroxylation is 1. The molecule has 9 heteroatoms. The first-order chi connectivity index (χ1) is 11.6. The third-order valence-electron chi connectivity index (χ3n) is 3.95. The molecule has 2 amide bonds. The second-order valence-electron chi connectivity index (χ2n) is 5.91. The van der Waals surface area contributed by atoms with E-state index in [0.717, 1.165) is 30.9 Å². The van der Waals surface area contributed by atoms with Crippen LogP contribution in [0.1, 0.15) is 18.4 Å². The number of ether oxygens (including phenoxy) is 1. The number of likely N-dealkylation sites (tertiary alicyclic amines) is 1. The fourth-order valence-corrected chi connectivity index (χ4v) is 2.64. The third-order valence-corrected chi connectivity index (χ3v) is 3.95. The Morgan fingerprint density at radius 2 is 1.88 bits per heavy atom. The van der Waals surface area contributed by atoms with Crippen molar-refractivity contribution in [2.24, 2.45) is 5.73 Å². The highest BCUT2D eigenvalue weighted by Crippen LogP contribution is 2.22. The van der Waals surface area contributed by atoms with Crippen molar-refractivity contribution >= 4 is 42.3 Å². The summed E-state index contributed by atoms with van der Waals surface area (Å²) in [4.78, 5) is 25.2. The van der Waals surface area contributed by atoms with Crippen LogP contribution in [0.5, 0.6) is 5.75 Å². The van der Waals surface area contributed by atoms with Crippen LogP contribution in [0.3, 0.4) is 0 Å². The number of carbonyl (C=O) groups is 2. The molecule has 4 N–H and O–H groups in total. The fraction of sp³-hybridized carbons (Fsp3) is 0.529. The first kappa shape index (κ1) is 24.5. The van der Waals surface area contributed by atoms with Crippen molar-refractivity contribution in [2.45, 2.75) is 19.8 Å². The Kier molecular flexibility index (Phi) is 12.0. The van der Waals surface area contributed by atoms with E-state index in [0.29, 0.717) is 12.3 Å².